The van der Waals surface area contributed by atoms with E-state index in [2.05, 4.69) is 9.71 Å². The maximum Gasteiger partial charge on any atom is 0.340 e. The number of nitrogens with zero attached hydrogens (tertiary/aromatic N) is 3. The number of anilines is 1. The molecule has 0 saturated carbocycles. The first-order valence-electron chi connectivity index (χ1n) is 11.3. The van der Waals surface area contributed by atoms with Gasteiger partial charge in [0.2, 0.25) is 15.9 Å². The van der Waals surface area contributed by atoms with Crippen LogP contribution in [0.25, 0.3) is 0 Å². The lowest BCUT2D eigenvalue weighted by Gasteiger charge is -2.33. The van der Waals surface area contributed by atoms with Crippen LogP contribution >= 0.6 is 0 Å². The number of nitriles is 1. The molecule has 1 fully saturated rings. The number of sulfonamides is 1. The Hall–Kier alpha value is -3.59. The average Bonchev–Trinajstić information content (AvgIpc) is 2.84. The number of amides is 1. The highest BCUT2D eigenvalue weighted by Crippen LogP contribution is 2.30. The van der Waals surface area contributed by atoms with Crippen LogP contribution in [-0.4, -0.2) is 45.0 Å². The van der Waals surface area contributed by atoms with E-state index in [0.29, 0.717) is 5.56 Å². The van der Waals surface area contributed by atoms with E-state index in [1.165, 1.54) is 6.92 Å². The van der Waals surface area contributed by atoms with Crippen molar-refractivity contribution in [2.24, 2.45) is 5.92 Å². The number of hydrogen-bond acceptors (Lipinski definition) is 8. The number of aryl methyl sites for hydroxylation is 1. The summed E-state index contributed by atoms with van der Waals surface area (Å²) in [7, 11) is -3.90. The van der Waals surface area contributed by atoms with Crippen LogP contribution in [0.3, 0.4) is 0 Å². The van der Waals surface area contributed by atoms with Gasteiger partial charge >= 0.3 is 5.97 Å². The van der Waals surface area contributed by atoms with Gasteiger partial charge in [0.25, 0.3) is 6.43 Å². The Bertz CT molecular complexity index is 1270. The first kappa shape index (κ1) is 27.0. The number of piperidine rings is 1. The normalized spacial score (nSPS) is 14.4. The van der Waals surface area contributed by atoms with Crippen LogP contribution in [0.5, 0.6) is 0 Å². The molecular weight excluding hydrogens is 494 g/mol. The van der Waals surface area contributed by atoms with Crippen molar-refractivity contribution in [3.8, 4) is 6.07 Å². The standard InChI is InChI=1S/C24H26F2N4O5S/c1-3-35-24(32)19-12-18(13-27)22(28-20(19)21(25)26)30-10-8-17(9-11-30)23(31)29-36(33,34)14-16-6-4-15(2)5-7-16/h4-7,12,17,21H,3,8-11,14H2,1-2H3,(H,29,31). The molecule has 192 valence electrons. The van der Waals surface area contributed by atoms with Gasteiger partial charge in [-0.1, -0.05) is 29.8 Å². The minimum Gasteiger partial charge on any atom is -0.462 e. The minimum atomic E-state index is -3.90. The number of carbonyl (C=O) groups is 2. The summed E-state index contributed by atoms with van der Waals surface area (Å²) in [5.74, 6) is -2.61. The van der Waals surface area contributed by atoms with E-state index < -0.39 is 45.5 Å². The lowest BCUT2D eigenvalue weighted by Crippen LogP contribution is -2.43. The number of hydrogen-bond donors (Lipinski definition) is 1. The Kier molecular flexibility index (Phi) is 8.57. The molecule has 1 aliphatic heterocycles. The van der Waals surface area contributed by atoms with Crippen molar-refractivity contribution >= 4 is 27.7 Å². The molecule has 0 bridgehead atoms. The van der Waals surface area contributed by atoms with Gasteiger partial charge in [-0.3, -0.25) is 9.52 Å². The van der Waals surface area contributed by atoms with Gasteiger partial charge in [0.15, 0.2) is 0 Å². The van der Waals surface area contributed by atoms with Gasteiger partial charge in [-0.15, -0.1) is 0 Å². The van der Waals surface area contributed by atoms with Crippen LogP contribution in [0.1, 0.15) is 58.9 Å². The lowest BCUT2D eigenvalue weighted by molar-refractivity contribution is -0.123. The molecule has 1 aromatic carbocycles. The predicted molar refractivity (Wildman–Crippen MR) is 127 cm³/mol. The Morgan fingerprint density at radius 3 is 2.44 bits per heavy atom. The summed E-state index contributed by atoms with van der Waals surface area (Å²) in [6.45, 7) is 3.74. The molecule has 1 aliphatic rings. The number of rotatable bonds is 8. The zero-order valence-corrected chi connectivity index (χ0v) is 20.6. The number of benzene rings is 1. The summed E-state index contributed by atoms with van der Waals surface area (Å²) in [5.41, 5.74) is 0.194. The zero-order chi connectivity index (χ0) is 26.5. The monoisotopic (exact) mass is 520 g/mol. The van der Waals surface area contributed by atoms with Crippen molar-refractivity contribution in [2.75, 3.05) is 24.6 Å². The van der Waals surface area contributed by atoms with Crippen molar-refractivity contribution in [1.29, 1.82) is 5.26 Å². The highest BCUT2D eigenvalue weighted by Gasteiger charge is 2.31. The maximum absolute atomic E-state index is 13.6. The predicted octanol–water partition coefficient (Wildman–Crippen LogP) is 3.24. The van der Waals surface area contributed by atoms with Gasteiger partial charge in [0.1, 0.15) is 17.6 Å². The summed E-state index contributed by atoms with van der Waals surface area (Å²) in [6, 6.07) is 9.83. The molecule has 0 spiro atoms. The molecule has 1 saturated heterocycles. The van der Waals surface area contributed by atoms with E-state index in [9.17, 15) is 32.0 Å². The number of nitrogens with one attached hydrogen (secondary N) is 1. The molecule has 1 N–H and O–H groups in total. The SMILES string of the molecule is CCOC(=O)c1cc(C#N)c(N2CCC(C(=O)NS(=O)(=O)Cc3ccc(C)cc3)CC2)nc1C(F)F. The molecule has 9 nitrogen and oxygen atoms in total. The Labute approximate surface area is 208 Å². The molecule has 1 aromatic heterocycles. The number of aromatic nitrogens is 1. The van der Waals surface area contributed by atoms with Crippen LogP contribution in [-0.2, 0) is 25.3 Å². The van der Waals surface area contributed by atoms with E-state index in [-0.39, 0.29) is 49.7 Å². The van der Waals surface area contributed by atoms with Gasteiger partial charge in [-0.2, -0.15) is 5.26 Å². The van der Waals surface area contributed by atoms with Crippen LogP contribution in [0.2, 0.25) is 0 Å². The van der Waals surface area contributed by atoms with E-state index in [1.807, 2.05) is 13.0 Å². The number of halogens is 2. The second-order valence-corrected chi connectivity index (χ2v) is 10.1. The first-order valence-corrected chi connectivity index (χ1v) is 12.9. The molecule has 2 heterocycles. The highest BCUT2D eigenvalue weighted by atomic mass is 32.2. The van der Waals surface area contributed by atoms with Gasteiger partial charge < -0.3 is 9.64 Å². The van der Waals surface area contributed by atoms with Crippen LogP contribution in [0.15, 0.2) is 30.3 Å². The second kappa shape index (κ2) is 11.4. The summed E-state index contributed by atoms with van der Waals surface area (Å²) in [5, 5.41) is 9.53. The highest BCUT2D eigenvalue weighted by molar-refractivity contribution is 7.89. The van der Waals surface area contributed by atoms with Gasteiger partial charge in [0.05, 0.1) is 23.5 Å². The van der Waals surface area contributed by atoms with E-state index in [1.54, 1.807) is 29.2 Å². The Morgan fingerprint density at radius 1 is 1.25 bits per heavy atom. The summed E-state index contributed by atoms with van der Waals surface area (Å²) < 4.78 is 59.1. The molecule has 3 rings (SSSR count). The largest absolute Gasteiger partial charge is 0.462 e. The molecule has 0 aliphatic carbocycles. The third kappa shape index (κ3) is 6.54. The van der Waals surface area contributed by atoms with Crippen LogP contribution in [0, 0.1) is 24.2 Å². The Morgan fingerprint density at radius 2 is 1.89 bits per heavy atom. The number of esters is 1. The van der Waals surface area contributed by atoms with Gasteiger partial charge in [-0.05, 0) is 38.3 Å². The van der Waals surface area contributed by atoms with E-state index in [4.69, 9.17) is 4.74 Å². The third-order valence-electron chi connectivity index (χ3n) is 5.75. The number of carbonyl (C=O) groups excluding carboxylic acids is 2. The zero-order valence-electron chi connectivity index (χ0n) is 19.8. The maximum atomic E-state index is 13.6. The minimum absolute atomic E-state index is 0.0216. The van der Waals surface area contributed by atoms with Crippen molar-refractivity contribution in [2.45, 2.75) is 38.9 Å². The quantitative estimate of drug-likeness (QED) is 0.525. The molecule has 0 atom stereocenters. The molecular formula is C24H26F2N4O5S. The number of ether oxygens (including phenoxy) is 1. The smallest absolute Gasteiger partial charge is 0.340 e. The van der Waals surface area contributed by atoms with Crippen molar-refractivity contribution in [3.63, 3.8) is 0 Å². The molecule has 36 heavy (non-hydrogen) atoms. The fraction of sp³-hybridized carbons (Fsp3) is 0.417. The number of pyridine rings is 1. The fourth-order valence-corrected chi connectivity index (χ4v) is 5.09. The fourth-order valence-electron chi connectivity index (χ4n) is 3.91. The second-order valence-electron chi connectivity index (χ2n) is 8.40. The summed E-state index contributed by atoms with van der Waals surface area (Å²) >= 11 is 0. The van der Waals surface area contributed by atoms with Crippen LogP contribution < -0.4 is 9.62 Å². The number of alkyl halides is 2. The van der Waals surface area contributed by atoms with Gasteiger partial charge in [-0.25, -0.2) is 27.0 Å². The molecule has 12 heteroatoms. The van der Waals surface area contributed by atoms with Crippen LogP contribution in [0.4, 0.5) is 14.6 Å². The van der Waals surface area contributed by atoms with Gasteiger partial charge in [0, 0.05) is 19.0 Å². The molecule has 1 amide bonds. The summed E-state index contributed by atoms with van der Waals surface area (Å²) in [6.07, 6.45) is -2.62. The van der Waals surface area contributed by atoms with Crippen molar-refractivity contribution in [1.82, 2.24) is 9.71 Å². The van der Waals surface area contributed by atoms with E-state index in [0.717, 1.165) is 11.6 Å². The lowest BCUT2D eigenvalue weighted by atomic mass is 9.96. The Balaban J connectivity index is 1.70. The summed E-state index contributed by atoms with van der Waals surface area (Å²) in [4.78, 5) is 30.2. The first-order chi connectivity index (χ1) is 17.0. The van der Waals surface area contributed by atoms with Crippen molar-refractivity contribution in [3.05, 3.63) is 58.3 Å². The average molecular weight is 521 g/mol. The van der Waals surface area contributed by atoms with E-state index >= 15 is 0 Å². The molecule has 0 radical (unpaired) electrons. The topological polar surface area (TPSA) is 129 Å². The van der Waals surface area contributed by atoms with Crippen molar-refractivity contribution < 1.29 is 31.5 Å². The molecule has 0 unspecified atom stereocenters. The molecule has 2 aromatic rings. The third-order valence-corrected chi connectivity index (χ3v) is 6.98.